The summed E-state index contributed by atoms with van der Waals surface area (Å²) in [7, 11) is 0. The summed E-state index contributed by atoms with van der Waals surface area (Å²) >= 11 is 0. The number of carbonyl (C=O) groups excluding carboxylic acids is 1. The van der Waals surface area contributed by atoms with E-state index in [1.54, 1.807) is 6.07 Å². The van der Waals surface area contributed by atoms with Crippen molar-refractivity contribution in [2.45, 2.75) is 0 Å². The number of terminal acetylenes is 1. The fourth-order valence-electron chi connectivity index (χ4n) is 1.13. The minimum Gasteiger partial charge on any atom is -0.322 e. The van der Waals surface area contributed by atoms with Gasteiger partial charge in [0.25, 0.3) is 0 Å². The quantitative estimate of drug-likeness (QED) is 0.596. The monoisotopic (exact) mass is 231 g/mol. The van der Waals surface area contributed by atoms with Gasteiger partial charge < -0.3 is 5.32 Å². The van der Waals surface area contributed by atoms with Gasteiger partial charge in [-0.1, -0.05) is 5.92 Å². The highest BCUT2D eigenvalue weighted by molar-refractivity contribution is 5.92. The van der Waals surface area contributed by atoms with E-state index < -0.39 is 11.7 Å². The zero-order valence-corrected chi connectivity index (χ0v) is 8.96. The SMILES string of the molecule is C#CCNCC(=O)Nc1ccc(C#N)cc1F. The van der Waals surface area contributed by atoms with Crippen LogP contribution in [0, 0.1) is 29.5 Å². The molecule has 86 valence electrons. The molecule has 0 aromatic heterocycles. The lowest BCUT2D eigenvalue weighted by Crippen LogP contribution is -2.28. The third kappa shape index (κ3) is 3.94. The Hall–Kier alpha value is -2.37. The number of carbonyl (C=O) groups is 1. The first-order valence-corrected chi connectivity index (χ1v) is 4.81. The fraction of sp³-hybridized carbons (Fsp3) is 0.167. The van der Waals surface area contributed by atoms with Gasteiger partial charge in [-0.2, -0.15) is 5.26 Å². The molecule has 0 aliphatic heterocycles. The molecule has 1 amide bonds. The second-order valence-corrected chi connectivity index (χ2v) is 3.16. The lowest BCUT2D eigenvalue weighted by Gasteiger charge is -2.06. The highest BCUT2D eigenvalue weighted by Crippen LogP contribution is 2.14. The molecule has 0 aliphatic carbocycles. The van der Waals surface area contributed by atoms with Crippen LogP contribution in [0.25, 0.3) is 0 Å². The summed E-state index contributed by atoms with van der Waals surface area (Å²) in [4.78, 5) is 11.3. The van der Waals surface area contributed by atoms with Crippen molar-refractivity contribution in [2.75, 3.05) is 18.4 Å². The maximum absolute atomic E-state index is 13.4. The van der Waals surface area contributed by atoms with Gasteiger partial charge in [0, 0.05) is 0 Å². The Labute approximate surface area is 98.4 Å². The van der Waals surface area contributed by atoms with Gasteiger partial charge in [-0.25, -0.2) is 4.39 Å². The molecule has 0 bridgehead atoms. The zero-order chi connectivity index (χ0) is 12.7. The van der Waals surface area contributed by atoms with Crippen molar-refractivity contribution >= 4 is 11.6 Å². The van der Waals surface area contributed by atoms with Gasteiger partial charge >= 0.3 is 0 Å². The molecule has 2 N–H and O–H groups in total. The molecule has 1 aromatic rings. The van der Waals surface area contributed by atoms with Crippen molar-refractivity contribution in [3.05, 3.63) is 29.6 Å². The zero-order valence-electron chi connectivity index (χ0n) is 8.96. The van der Waals surface area contributed by atoms with E-state index in [9.17, 15) is 9.18 Å². The first-order valence-electron chi connectivity index (χ1n) is 4.81. The smallest absolute Gasteiger partial charge is 0.238 e. The number of hydrogen-bond acceptors (Lipinski definition) is 3. The van der Waals surface area contributed by atoms with Crippen LogP contribution in [0.1, 0.15) is 5.56 Å². The molecule has 0 saturated heterocycles. The van der Waals surface area contributed by atoms with Gasteiger partial charge in [-0.15, -0.1) is 6.42 Å². The molecule has 0 unspecified atom stereocenters. The molecule has 4 nitrogen and oxygen atoms in total. The topological polar surface area (TPSA) is 64.9 Å². The van der Waals surface area contributed by atoms with E-state index in [1.807, 2.05) is 0 Å². The third-order valence-corrected chi connectivity index (χ3v) is 1.88. The first kappa shape index (κ1) is 12.7. The minimum atomic E-state index is -0.644. The van der Waals surface area contributed by atoms with E-state index in [-0.39, 0.29) is 24.3 Å². The lowest BCUT2D eigenvalue weighted by atomic mass is 10.2. The Bertz CT molecular complexity index is 499. The average Bonchev–Trinajstić information content (AvgIpc) is 2.32. The average molecular weight is 231 g/mol. The number of nitrogens with one attached hydrogen (secondary N) is 2. The largest absolute Gasteiger partial charge is 0.322 e. The summed E-state index contributed by atoms with van der Waals surface area (Å²) < 4.78 is 13.4. The Morgan fingerprint density at radius 3 is 2.88 bits per heavy atom. The highest BCUT2D eigenvalue weighted by atomic mass is 19.1. The van der Waals surface area contributed by atoms with Crippen molar-refractivity contribution in [3.8, 4) is 18.4 Å². The van der Waals surface area contributed by atoms with Crippen LogP contribution in [0.4, 0.5) is 10.1 Å². The van der Waals surface area contributed by atoms with Crippen molar-refractivity contribution in [2.24, 2.45) is 0 Å². The number of halogens is 1. The van der Waals surface area contributed by atoms with Crippen LogP contribution < -0.4 is 10.6 Å². The molecule has 1 aromatic carbocycles. The molecular formula is C12H10FN3O. The number of amides is 1. The van der Waals surface area contributed by atoms with E-state index in [0.29, 0.717) is 0 Å². The summed E-state index contributed by atoms with van der Waals surface area (Å²) in [5.74, 6) is 1.27. The molecule has 0 atom stereocenters. The molecular weight excluding hydrogens is 221 g/mol. The van der Waals surface area contributed by atoms with Gasteiger partial charge in [0.15, 0.2) is 0 Å². The maximum Gasteiger partial charge on any atom is 0.238 e. The van der Waals surface area contributed by atoms with Crippen molar-refractivity contribution < 1.29 is 9.18 Å². The second kappa shape index (κ2) is 6.26. The van der Waals surface area contributed by atoms with Gasteiger partial charge in [0.1, 0.15) is 5.82 Å². The van der Waals surface area contributed by atoms with E-state index in [4.69, 9.17) is 11.7 Å². The predicted octanol–water partition coefficient (Wildman–Crippen LogP) is 0.859. The van der Waals surface area contributed by atoms with Gasteiger partial charge in [-0.3, -0.25) is 10.1 Å². The maximum atomic E-state index is 13.4. The second-order valence-electron chi connectivity index (χ2n) is 3.16. The third-order valence-electron chi connectivity index (χ3n) is 1.88. The molecule has 0 radical (unpaired) electrons. The Morgan fingerprint density at radius 1 is 1.53 bits per heavy atom. The molecule has 0 heterocycles. The summed E-state index contributed by atoms with van der Waals surface area (Å²) in [5, 5.41) is 13.6. The number of anilines is 1. The molecule has 0 spiro atoms. The van der Waals surface area contributed by atoms with Gasteiger partial charge in [0.05, 0.1) is 30.4 Å². The van der Waals surface area contributed by atoms with Crippen LogP contribution in [-0.2, 0) is 4.79 Å². The van der Waals surface area contributed by atoms with E-state index in [2.05, 4.69) is 16.6 Å². The summed E-state index contributed by atoms with van der Waals surface area (Å²) in [6.07, 6.45) is 4.99. The number of nitrogens with zero attached hydrogens (tertiary/aromatic N) is 1. The first-order chi connectivity index (χ1) is 8.17. The molecule has 1 rings (SSSR count). The fourth-order valence-corrected chi connectivity index (χ4v) is 1.13. The Kier molecular flexibility index (Phi) is 4.68. The van der Waals surface area contributed by atoms with Crippen molar-refractivity contribution in [1.82, 2.24) is 5.32 Å². The number of rotatable bonds is 4. The van der Waals surface area contributed by atoms with Crippen LogP contribution in [0.3, 0.4) is 0 Å². The molecule has 5 heteroatoms. The molecule has 0 fully saturated rings. The van der Waals surface area contributed by atoms with E-state index >= 15 is 0 Å². The van der Waals surface area contributed by atoms with E-state index in [1.165, 1.54) is 12.1 Å². The van der Waals surface area contributed by atoms with Gasteiger partial charge in [-0.05, 0) is 18.2 Å². The Morgan fingerprint density at radius 2 is 2.29 bits per heavy atom. The predicted molar refractivity (Wildman–Crippen MR) is 61.4 cm³/mol. The van der Waals surface area contributed by atoms with Crippen LogP contribution in [-0.4, -0.2) is 19.0 Å². The highest BCUT2D eigenvalue weighted by Gasteiger charge is 2.07. The van der Waals surface area contributed by atoms with Crippen LogP contribution >= 0.6 is 0 Å². The summed E-state index contributed by atoms with van der Waals surface area (Å²) in [5.41, 5.74) is 0.238. The summed E-state index contributed by atoms with van der Waals surface area (Å²) in [6, 6.07) is 5.63. The minimum absolute atomic E-state index is 0.00361. The molecule has 0 aliphatic rings. The summed E-state index contributed by atoms with van der Waals surface area (Å²) in [6.45, 7) is 0.271. The van der Waals surface area contributed by atoms with Crippen molar-refractivity contribution in [3.63, 3.8) is 0 Å². The van der Waals surface area contributed by atoms with Gasteiger partial charge in [0.2, 0.25) is 5.91 Å². The number of hydrogen-bond donors (Lipinski definition) is 2. The molecule has 17 heavy (non-hydrogen) atoms. The molecule has 0 saturated carbocycles. The van der Waals surface area contributed by atoms with Crippen LogP contribution in [0.2, 0.25) is 0 Å². The lowest BCUT2D eigenvalue weighted by molar-refractivity contribution is -0.115. The number of nitriles is 1. The number of benzene rings is 1. The Balaban J connectivity index is 2.61. The van der Waals surface area contributed by atoms with E-state index in [0.717, 1.165) is 6.07 Å². The van der Waals surface area contributed by atoms with Crippen LogP contribution in [0.5, 0.6) is 0 Å². The van der Waals surface area contributed by atoms with Crippen molar-refractivity contribution in [1.29, 1.82) is 5.26 Å². The normalized spacial score (nSPS) is 9.12. The standard InChI is InChI=1S/C12H10FN3O/c1-2-5-15-8-12(17)16-11-4-3-9(7-14)6-10(11)13/h1,3-4,6,15H,5,8H2,(H,16,17). The van der Waals surface area contributed by atoms with Crippen LogP contribution in [0.15, 0.2) is 18.2 Å².